The van der Waals surface area contributed by atoms with Crippen molar-refractivity contribution in [3.8, 4) is 34.3 Å². The topological polar surface area (TPSA) is 78.9 Å². The number of amides is 1. The molecule has 8 heteroatoms. The third-order valence-electron chi connectivity index (χ3n) is 3.86. The normalized spacial score (nSPS) is 10.2. The molecule has 0 unspecified atom stereocenters. The molecule has 1 N–H and O–H groups in total. The van der Waals surface area contributed by atoms with Crippen molar-refractivity contribution in [1.29, 1.82) is 0 Å². The Kier molecular flexibility index (Phi) is 6.33. The number of ether oxygens (including phenoxy) is 4. The lowest BCUT2D eigenvalue weighted by molar-refractivity contribution is -0.118. The first-order valence-corrected chi connectivity index (χ1v) is 9.26. The van der Waals surface area contributed by atoms with Crippen LogP contribution in [0.3, 0.4) is 0 Å². The van der Waals surface area contributed by atoms with Gasteiger partial charge < -0.3 is 18.9 Å². The molecule has 2 aromatic carbocycles. The zero-order chi connectivity index (χ0) is 19.9. The molecule has 7 nitrogen and oxygen atoms in total. The van der Waals surface area contributed by atoms with Gasteiger partial charge in [-0.25, -0.2) is 4.98 Å². The van der Waals surface area contributed by atoms with Crippen molar-refractivity contribution in [3.05, 3.63) is 47.8 Å². The number of anilines is 1. The van der Waals surface area contributed by atoms with Gasteiger partial charge in [-0.15, -0.1) is 11.3 Å². The zero-order valence-electron chi connectivity index (χ0n) is 15.7. The molecule has 3 aromatic rings. The van der Waals surface area contributed by atoms with Gasteiger partial charge in [-0.3, -0.25) is 10.1 Å². The molecule has 0 atom stereocenters. The molecule has 0 saturated carbocycles. The highest BCUT2D eigenvalue weighted by atomic mass is 32.1. The van der Waals surface area contributed by atoms with E-state index in [-0.39, 0.29) is 12.5 Å². The highest BCUT2D eigenvalue weighted by molar-refractivity contribution is 7.14. The molecule has 3 rings (SSSR count). The smallest absolute Gasteiger partial charge is 0.264 e. The average molecular weight is 400 g/mol. The van der Waals surface area contributed by atoms with Gasteiger partial charge in [-0.2, -0.15) is 0 Å². The van der Waals surface area contributed by atoms with Crippen LogP contribution in [0.5, 0.6) is 23.0 Å². The number of carbonyl (C=O) groups is 1. The summed E-state index contributed by atoms with van der Waals surface area (Å²) >= 11 is 1.33. The first-order valence-electron chi connectivity index (χ1n) is 8.38. The van der Waals surface area contributed by atoms with E-state index < -0.39 is 0 Å². The highest BCUT2D eigenvalue weighted by Gasteiger charge is 2.12. The minimum absolute atomic E-state index is 0.147. The summed E-state index contributed by atoms with van der Waals surface area (Å²) in [6.45, 7) is -0.147. The largest absolute Gasteiger partial charge is 0.493 e. The van der Waals surface area contributed by atoms with Crippen LogP contribution in [-0.2, 0) is 4.79 Å². The number of para-hydroxylation sites is 2. The molecule has 0 spiro atoms. The first-order chi connectivity index (χ1) is 13.6. The molecular formula is C20H20N2O5S. The van der Waals surface area contributed by atoms with E-state index in [0.717, 1.165) is 11.3 Å². The number of nitrogens with zero attached hydrogens (tertiary/aromatic N) is 1. The molecule has 0 bridgehead atoms. The van der Waals surface area contributed by atoms with E-state index in [2.05, 4.69) is 10.3 Å². The van der Waals surface area contributed by atoms with Crippen LogP contribution < -0.4 is 24.3 Å². The molecule has 1 amide bonds. The second-order valence-electron chi connectivity index (χ2n) is 5.60. The van der Waals surface area contributed by atoms with Crippen molar-refractivity contribution in [2.45, 2.75) is 0 Å². The molecular weight excluding hydrogens is 380 g/mol. The number of methoxy groups -OCH3 is 3. The Morgan fingerprint density at radius 1 is 0.964 bits per heavy atom. The Labute approximate surface area is 166 Å². The van der Waals surface area contributed by atoms with Crippen LogP contribution in [-0.4, -0.2) is 38.8 Å². The van der Waals surface area contributed by atoms with Gasteiger partial charge in [0.05, 0.1) is 27.0 Å². The quantitative estimate of drug-likeness (QED) is 0.619. The lowest BCUT2D eigenvalue weighted by atomic mass is 10.1. The van der Waals surface area contributed by atoms with Crippen LogP contribution in [0.25, 0.3) is 11.3 Å². The molecule has 1 heterocycles. The maximum Gasteiger partial charge on any atom is 0.264 e. The van der Waals surface area contributed by atoms with Gasteiger partial charge in [-0.05, 0) is 30.3 Å². The fourth-order valence-corrected chi connectivity index (χ4v) is 3.23. The molecule has 0 aliphatic rings. The van der Waals surface area contributed by atoms with E-state index in [1.807, 2.05) is 35.7 Å². The molecule has 1 aromatic heterocycles. The summed E-state index contributed by atoms with van der Waals surface area (Å²) in [5, 5.41) is 5.08. The van der Waals surface area contributed by atoms with Crippen LogP contribution in [0.2, 0.25) is 0 Å². The van der Waals surface area contributed by atoms with E-state index in [0.29, 0.717) is 28.1 Å². The molecule has 0 saturated heterocycles. The molecule has 146 valence electrons. The minimum Gasteiger partial charge on any atom is -0.493 e. The van der Waals surface area contributed by atoms with Gasteiger partial charge in [0.15, 0.2) is 34.7 Å². The molecule has 28 heavy (non-hydrogen) atoms. The number of aromatic nitrogens is 1. The van der Waals surface area contributed by atoms with Gasteiger partial charge in [0.1, 0.15) is 0 Å². The van der Waals surface area contributed by atoms with E-state index in [1.165, 1.54) is 11.3 Å². The van der Waals surface area contributed by atoms with E-state index in [1.54, 1.807) is 33.5 Å². The molecule has 0 fully saturated rings. The Bertz CT molecular complexity index is 957. The second kappa shape index (κ2) is 9.09. The van der Waals surface area contributed by atoms with Gasteiger partial charge in [-0.1, -0.05) is 12.1 Å². The number of hydrogen-bond donors (Lipinski definition) is 1. The molecule has 0 aliphatic carbocycles. The summed E-state index contributed by atoms with van der Waals surface area (Å²) in [7, 11) is 4.71. The van der Waals surface area contributed by atoms with Crippen LogP contribution in [0.15, 0.2) is 47.8 Å². The standard InChI is InChI=1S/C20H20N2O5S/c1-24-15-6-4-5-7-17(15)27-11-19(23)22-20-21-14(12-28-20)13-8-9-16(25-2)18(10-13)26-3/h4-10,12H,11H2,1-3H3,(H,21,22,23). The lowest BCUT2D eigenvalue weighted by Gasteiger charge is -2.09. The maximum atomic E-state index is 12.2. The highest BCUT2D eigenvalue weighted by Crippen LogP contribution is 2.33. The van der Waals surface area contributed by atoms with Crippen LogP contribution in [0, 0.1) is 0 Å². The van der Waals surface area contributed by atoms with Gasteiger partial charge in [0, 0.05) is 10.9 Å². The summed E-state index contributed by atoms with van der Waals surface area (Å²) in [4.78, 5) is 16.6. The Morgan fingerprint density at radius 2 is 1.64 bits per heavy atom. The second-order valence-corrected chi connectivity index (χ2v) is 6.45. The fraction of sp³-hybridized carbons (Fsp3) is 0.200. The Hall–Kier alpha value is -3.26. The molecule has 0 radical (unpaired) electrons. The SMILES string of the molecule is COc1ccc(-c2csc(NC(=O)COc3ccccc3OC)n2)cc1OC. The number of carbonyl (C=O) groups excluding carboxylic acids is 1. The molecule has 0 aliphatic heterocycles. The van der Waals surface area contributed by atoms with Crippen molar-refractivity contribution in [3.63, 3.8) is 0 Å². The van der Waals surface area contributed by atoms with Gasteiger partial charge in [0.25, 0.3) is 5.91 Å². The first kappa shape index (κ1) is 19.5. The van der Waals surface area contributed by atoms with Crippen molar-refractivity contribution in [2.24, 2.45) is 0 Å². The Balaban J connectivity index is 1.63. The summed E-state index contributed by atoms with van der Waals surface area (Å²) < 4.78 is 21.3. The van der Waals surface area contributed by atoms with Crippen molar-refractivity contribution < 1.29 is 23.7 Å². The van der Waals surface area contributed by atoms with E-state index in [9.17, 15) is 4.79 Å². The number of rotatable bonds is 8. The third-order valence-corrected chi connectivity index (χ3v) is 4.62. The van der Waals surface area contributed by atoms with E-state index >= 15 is 0 Å². The van der Waals surface area contributed by atoms with Gasteiger partial charge >= 0.3 is 0 Å². The van der Waals surface area contributed by atoms with E-state index in [4.69, 9.17) is 18.9 Å². The number of nitrogens with one attached hydrogen (secondary N) is 1. The van der Waals surface area contributed by atoms with Crippen LogP contribution in [0.4, 0.5) is 5.13 Å². The van der Waals surface area contributed by atoms with Crippen molar-refractivity contribution >= 4 is 22.4 Å². The predicted octanol–water partition coefficient (Wildman–Crippen LogP) is 3.85. The Morgan fingerprint density at radius 3 is 2.36 bits per heavy atom. The summed E-state index contributed by atoms with van der Waals surface area (Å²) in [6, 6.07) is 12.7. The van der Waals surface area contributed by atoms with Crippen molar-refractivity contribution in [2.75, 3.05) is 33.3 Å². The van der Waals surface area contributed by atoms with Gasteiger partial charge in [0.2, 0.25) is 0 Å². The number of benzene rings is 2. The lowest BCUT2D eigenvalue weighted by Crippen LogP contribution is -2.20. The third kappa shape index (κ3) is 4.52. The zero-order valence-corrected chi connectivity index (χ0v) is 16.5. The fourth-order valence-electron chi connectivity index (χ4n) is 2.50. The van der Waals surface area contributed by atoms with Crippen LogP contribution >= 0.6 is 11.3 Å². The predicted molar refractivity (Wildman–Crippen MR) is 108 cm³/mol. The summed E-state index contributed by atoms with van der Waals surface area (Å²) in [5.41, 5.74) is 1.59. The summed E-state index contributed by atoms with van der Waals surface area (Å²) in [6.07, 6.45) is 0. The number of thiazole rings is 1. The number of hydrogen-bond acceptors (Lipinski definition) is 7. The average Bonchev–Trinajstić information content (AvgIpc) is 3.20. The minimum atomic E-state index is -0.306. The van der Waals surface area contributed by atoms with Crippen LogP contribution in [0.1, 0.15) is 0 Å². The summed E-state index contributed by atoms with van der Waals surface area (Å²) in [5.74, 6) is 2.02. The maximum absolute atomic E-state index is 12.2. The van der Waals surface area contributed by atoms with Crippen molar-refractivity contribution in [1.82, 2.24) is 4.98 Å². The monoisotopic (exact) mass is 400 g/mol.